The van der Waals surface area contributed by atoms with Gasteiger partial charge in [0.25, 0.3) is 0 Å². The molecule has 0 saturated heterocycles. The van der Waals surface area contributed by atoms with E-state index < -0.39 is 7.92 Å². The zero-order valence-electron chi connectivity index (χ0n) is 17.4. The van der Waals surface area contributed by atoms with E-state index in [0.29, 0.717) is 11.0 Å². The summed E-state index contributed by atoms with van der Waals surface area (Å²) in [5.41, 5.74) is 0.783. The standard InChI is InChI=1S/C25H28FN2PS/c1-3-19(2)24(28-25(30)27-21-16-14-20(26)15-17-21)18-29(22-10-6-4-7-11-22)23-12-8-5-9-13-23/h4-17,19,24H,3,18H2,1-2H3,(H2,27,28,30)/t19-,24+/m0/s1. The fourth-order valence-corrected chi connectivity index (χ4v) is 6.19. The van der Waals surface area contributed by atoms with E-state index in [1.165, 1.54) is 22.7 Å². The summed E-state index contributed by atoms with van der Waals surface area (Å²) >= 11 is 5.59. The molecule has 0 radical (unpaired) electrons. The highest BCUT2D eigenvalue weighted by molar-refractivity contribution is 7.80. The van der Waals surface area contributed by atoms with Crippen LogP contribution >= 0.6 is 20.1 Å². The van der Waals surface area contributed by atoms with Crippen molar-refractivity contribution in [1.82, 2.24) is 5.32 Å². The first kappa shape index (κ1) is 22.4. The molecule has 2 nitrogen and oxygen atoms in total. The molecule has 3 rings (SSSR count). The smallest absolute Gasteiger partial charge is 0.171 e. The van der Waals surface area contributed by atoms with Gasteiger partial charge in [0, 0.05) is 11.7 Å². The van der Waals surface area contributed by atoms with Crippen LogP contribution in [0.2, 0.25) is 0 Å². The molecule has 0 aliphatic rings. The third-order valence-electron chi connectivity index (χ3n) is 5.26. The molecule has 0 fully saturated rings. The van der Waals surface area contributed by atoms with Crippen LogP contribution in [0.1, 0.15) is 20.3 Å². The van der Waals surface area contributed by atoms with Gasteiger partial charge in [-0.15, -0.1) is 0 Å². The number of rotatable bonds is 8. The fraction of sp³-hybridized carbons (Fsp3) is 0.240. The van der Waals surface area contributed by atoms with E-state index in [-0.39, 0.29) is 11.9 Å². The SMILES string of the molecule is CC[C@H](C)[C@@H](CP(c1ccccc1)c1ccccc1)NC(=S)Nc1ccc(F)cc1. The Balaban J connectivity index is 1.79. The summed E-state index contributed by atoms with van der Waals surface area (Å²) in [7, 11) is -0.522. The van der Waals surface area contributed by atoms with Gasteiger partial charge in [0.1, 0.15) is 5.82 Å². The van der Waals surface area contributed by atoms with Crippen LogP contribution < -0.4 is 21.2 Å². The summed E-state index contributed by atoms with van der Waals surface area (Å²) in [5.74, 6) is 0.198. The molecule has 3 aromatic rings. The molecule has 0 heterocycles. The lowest BCUT2D eigenvalue weighted by molar-refractivity contribution is 0.443. The maximum Gasteiger partial charge on any atom is 0.171 e. The second-order valence-corrected chi connectivity index (χ2v) is 10.0. The third kappa shape index (κ3) is 6.35. The van der Waals surface area contributed by atoms with Crippen LogP contribution in [0.5, 0.6) is 0 Å². The van der Waals surface area contributed by atoms with Crippen LogP contribution in [0.4, 0.5) is 10.1 Å². The number of halogens is 1. The molecule has 0 aliphatic carbocycles. The topological polar surface area (TPSA) is 24.1 Å². The van der Waals surface area contributed by atoms with E-state index in [4.69, 9.17) is 12.2 Å². The highest BCUT2D eigenvalue weighted by Gasteiger charge is 2.24. The van der Waals surface area contributed by atoms with Crippen molar-refractivity contribution in [2.75, 3.05) is 11.5 Å². The lowest BCUT2D eigenvalue weighted by Crippen LogP contribution is -2.44. The Morgan fingerprint density at radius 2 is 1.43 bits per heavy atom. The van der Waals surface area contributed by atoms with Gasteiger partial charge in [0.15, 0.2) is 5.11 Å². The summed E-state index contributed by atoms with van der Waals surface area (Å²) in [6.07, 6.45) is 2.05. The van der Waals surface area contributed by atoms with Gasteiger partial charge in [0.05, 0.1) is 0 Å². The Labute approximate surface area is 185 Å². The number of thiocarbonyl (C=S) groups is 1. The maximum absolute atomic E-state index is 13.2. The Kier molecular flexibility index (Phi) is 8.36. The molecule has 5 heteroatoms. The molecule has 156 valence electrons. The lowest BCUT2D eigenvalue weighted by atomic mass is 10.0. The lowest BCUT2D eigenvalue weighted by Gasteiger charge is -2.30. The van der Waals surface area contributed by atoms with E-state index >= 15 is 0 Å². The summed E-state index contributed by atoms with van der Waals surface area (Å²) in [4.78, 5) is 0. The van der Waals surface area contributed by atoms with Crippen molar-refractivity contribution < 1.29 is 4.39 Å². The quantitative estimate of drug-likeness (QED) is 0.351. The van der Waals surface area contributed by atoms with Crippen molar-refractivity contribution in [3.63, 3.8) is 0 Å². The number of benzene rings is 3. The number of hydrogen-bond donors (Lipinski definition) is 2. The normalized spacial score (nSPS) is 12.9. The largest absolute Gasteiger partial charge is 0.359 e. The summed E-state index contributed by atoms with van der Waals surface area (Å²) in [6, 6.07) is 27.9. The highest BCUT2D eigenvalue weighted by Crippen LogP contribution is 2.36. The van der Waals surface area contributed by atoms with Gasteiger partial charge in [-0.1, -0.05) is 80.9 Å². The number of anilines is 1. The van der Waals surface area contributed by atoms with E-state index in [9.17, 15) is 4.39 Å². The first-order chi connectivity index (χ1) is 14.6. The predicted molar refractivity (Wildman–Crippen MR) is 133 cm³/mol. The van der Waals surface area contributed by atoms with Gasteiger partial charge in [-0.2, -0.15) is 0 Å². The van der Waals surface area contributed by atoms with Gasteiger partial charge in [-0.25, -0.2) is 4.39 Å². The summed E-state index contributed by atoms with van der Waals surface area (Å²) in [6.45, 7) is 4.48. The van der Waals surface area contributed by atoms with E-state index in [0.717, 1.165) is 18.3 Å². The Morgan fingerprint density at radius 3 is 1.93 bits per heavy atom. The predicted octanol–water partition coefficient (Wildman–Crippen LogP) is 5.66. The van der Waals surface area contributed by atoms with Gasteiger partial charge in [-0.05, 0) is 67.1 Å². The number of hydrogen-bond acceptors (Lipinski definition) is 1. The van der Waals surface area contributed by atoms with E-state index in [1.807, 2.05) is 0 Å². The van der Waals surface area contributed by atoms with Crippen molar-refractivity contribution in [2.45, 2.75) is 26.3 Å². The van der Waals surface area contributed by atoms with Crippen LogP contribution in [0, 0.1) is 11.7 Å². The minimum absolute atomic E-state index is 0.224. The van der Waals surface area contributed by atoms with Gasteiger partial charge in [-0.3, -0.25) is 0 Å². The molecule has 0 bridgehead atoms. The summed E-state index contributed by atoms with van der Waals surface area (Å²) in [5, 5.41) is 10.0. The molecule has 0 aliphatic heterocycles. The van der Waals surface area contributed by atoms with Gasteiger partial charge < -0.3 is 10.6 Å². The molecular weight excluding hydrogens is 410 g/mol. The minimum atomic E-state index is -0.522. The van der Waals surface area contributed by atoms with Crippen LogP contribution in [-0.2, 0) is 0 Å². The molecule has 0 aromatic heterocycles. The van der Waals surface area contributed by atoms with Crippen LogP contribution in [0.25, 0.3) is 0 Å². The monoisotopic (exact) mass is 438 g/mol. The van der Waals surface area contributed by atoms with Crippen LogP contribution in [0.15, 0.2) is 84.9 Å². The third-order valence-corrected chi connectivity index (χ3v) is 8.09. The molecule has 0 saturated carbocycles. The highest BCUT2D eigenvalue weighted by atomic mass is 32.1. The van der Waals surface area contributed by atoms with Crippen molar-refractivity contribution in [2.24, 2.45) is 5.92 Å². The van der Waals surface area contributed by atoms with Crippen molar-refractivity contribution in [1.29, 1.82) is 0 Å². The molecule has 2 atom stereocenters. The Hall–Kier alpha value is -2.29. The molecule has 30 heavy (non-hydrogen) atoms. The zero-order valence-corrected chi connectivity index (χ0v) is 19.1. The van der Waals surface area contributed by atoms with Crippen molar-refractivity contribution in [3.8, 4) is 0 Å². The second kappa shape index (κ2) is 11.2. The maximum atomic E-state index is 13.2. The van der Waals surface area contributed by atoms with Crippen molar-refractivity contribution in [3.05, 3.63) is 90.7 Å². The molecule has 0 amide bonds. The van der Waals surface area contributed by atoms with Crippen molar-refractivity contribution >= 4 is 41.5 Å². The van der Waals surface area contributed by atoms with E-state index in [1.54, 1.807) is 12.1 Å². The Morgan fingerprint density at radius 1 is 0.900 bits per heavy atom. The zero-order chi connectivity index (χ0) is 21.3. The summed E-state index contributed by atoms with van der Waals surface area (Å²) < 4.78 is 13.2. The van der Waals surface area contributed by atoms with Crippen LogP contribution in [-0.4, -0.2) is 17.3 Å². The minimum Gasteiger partial charge on any atom is -0.359 e. The average molecular weight is 439 g/mol. The second-order valence-electron chi connectivity index (χ2n) is 7.38. The molecular formula is C25H28FN2PS. The Bertz CT molecular complexity index is 879. The molecule has 0 spiro atoms. The average Bonchev–Trinajstić information content (AvgIpc) is 2.78. The van der Waals surface area contributed by atoms with Gasteiger partial charge in [0.2, 0.25) is 0 Å². The van der Waals surface area contributed by atoms with E-state index in [2.05, 4.69) is 85.1 Å². The first-order valence-electron chi connectivity index (χ1n) is 10.3. The van der Waals surface area contributed by atoms with Crippen LogP contribution in [0.3, 0.4) is 0 Å². The van der Waals surface area contributed by atoms with Gasteiger partial charge >= 0.3 is 0 Å². The number of nitrogens with one attached hydrogen (secondary N) is 2. The first-order valence-corrected chi connectivity index (χ1v) is 12.2. The molecule has 0 unspecified atom stereocenters. The molecule has 3 aromatic carbocycles. The molecule has 2 N–H and O–H groups in total. The fourth-order valence-electron chi connectivity index (χ4n) is 3.29.